The number of aryl methyl sites for hydroxylation is 1. The van der Waals surface area contributed by atoms with E-state index >= 15 is 0 Å². The molecule has 0 aliphatic carbocycles. The van der Waals surface area contributed by atoms with Crippen LogP contribution in [0.5, 0.6) is 0 Å². The summed E-state index contributed by atoms with van der Waals surface area (Å²) in [7, 11) is -3.75. The lowest BCUT2D eigenvalue weighted by Crippen LogP contribution is -2.12. The molecule has 1 heterocycles. The zero-order chi connectivity index (χ0) is 17.3. The molecule has 2 N–H and O–H groups in total. The second-order valence-corrected chi connectivity index (χ2v) is 7.24. The van der Waals surface area contributed by atoms with Gasteiger partial charge >= 0.3 is 5.97 Å². The second kappa shape index (κ2) is 6.22. The van der Waals surface area contributed by atoms with Crippen molar-refractivity contribution in [2.24, 2.45) is 5.14 Å². The Labute approximate surface area is 140 Å². The molecular formula is C18H17NO4S. The lowest BCUT2D eigenvalue weighted by atomic mass is 9.92. The molecule has 1 aliphatic heterocycles. The third-order valence-corrected chi connectivity index (χ3v) is 4.87. The molecule has 5 nitrogen and oxygen atoms in total. The molecule has 0 unspecified atom stereocenters. The molecule has 2 aromatic carbocycles. The highest BCUT2D eigenvalue weighted by molar-refractivity contribution is 7.89. The minimum atomic E-state index is -3.75. The van der Waals surface area contributed by atoms with Gasteiger partial charge in [0.15, 0.2) is 0 Å². The number of rotatable bonds is 3. The van der Waals surface area contributed by atoms with E-state index in [1.165, 1.54) is 12.1 Å². The predicted octanol–water partition coefficient (Wildman–Crippen LogP) is 2.39. The molecule has 0 atom stereocenters. The number of ether oxygens (including phenoxy) is 1. The minimum Gasteiger partial charge on any atom is -0.462 e. The molecule has 2 aromatic rings. The van der Waals surface area contributed by atoms with Crippen LogP contribution in [0.15, 0.2) is 59.0 Å². The first-order chi connectivity index (χ1) is 11.4. The Morgan fingerprint density at radius 1 is 1.00 bits per heavy atom. The summed E-state index contributed by atoms with van der Waals surface area (Å²) in [4.78, 5) is 12.1. The molecule has 6 heteroatoms. The Hall–Kier alpha value is -2.44. The van der Waals surface area contributed by atoms with Gasteiger partial charge in [0.05, 0.1) is 11.5 Å². The van der Waals surface area contributed by atoms with Gasteiger partial charge in [-0.2, -0.15) is 0 Å². The predicted molar refractivity (Wildman–Crippen MR) is 90.6 cm³/mol. The van der Waals surface area contributed by atoms with Gasteiger partial charge < -0.3 is 4.74 Å². The van der Waals surface area contributed by atoms with Crippen LogP contribution >= 0.6 is 0 Å². The quantitative estimate of drug-likeness (QED) is 0.685. The largest absolute Gasteiger partial charge is 0.462 e. The average molecular weight is 343 g/mol. The number of hydrogen-bond donors (Lipinski definition) is 1. The van der Waals surface area contributed by atoms with Gasteiger partial charge in [-0.15, -0.1) is 0 Å². The van der Waals surface area contributed by atoms with Crippen LogP contribution in [0, 0.1) is 6.92 Å². The number of esters is 1. The molecule has 0 radical (unpaired) electrons. The third-order valence-electron chi connectivity index (χ3n) is 3.95. The fourth-order valence-corrected chi connectivity index (χ4v) is 3.22. The Bertz CT molecular complexity index is 910. The maximum absolute atomic E-state index is 12.1. The standard InChI is InChI=1S/C18H17NO4S/c1-12-2-4-13(5-3-12)17(16-10-11-23-18(16)20)14-6-8-15(9-7-14)24(19,21)22/h2-9H,10-11H2,1H3,(H2,19,21,22). The minimum absolute atomic E-state index is 0.0357. The number of cyclic esters (lactones) is 1. The normalized spacial score (nSPS) is 16.8. The van der Waals surface area contributed by atoms with Crippen LogP contribution in [0.2, 0.25) is 0 Å². The van der Waals surface area contributed by atoms with Crippen molar-refractivity contribution in [1.82, 2.24) is 0 Å². The van der Waals surface area contributed by atoms with E-state index in [1.807, 2.05) is 31.2 Å². The van der Waals surface area contributed by atoms with Gasteiger partial charge in [-0.05, 0) is 35.8 Å². The third kappa shape index (κ3) is 3.25. The van der Waals surface area contributed by atoms with Gasteiger partial charge in [-0.1, -0.05) is 42.0 Å². The second-order valence-electron chi connectivity index (χ2n) is 5.67. The van der Waals surface area contributed by atoms with Crippen molar-refractivity contribution in [2.75, 3.05) is 6.61 Å². The molecule has 124 valence electrons. The first-order valence-corrected chi connectivity index (χ1v) is 9.01. The van der Waals surface area contributed by atoms with E-state index in [0.29, 0.717) is 18.6 Å². The first-order valence-electron chi connectivity index (χ1n) is 7.47. The van der Waals surface area contributed by atoms with Crippen molar-refractivity contribution in [3.05, 3.63) is 70.8 Å². The first kappa shape index (κ1) is 16.4. The number of primary sulfonamides is 1. The molecule has 1 fully saturated rings. The van der Waals surface area contributed by atoms with E-state index in [-0.39, 0.29) is 10.9 Å². The zero-order valence-electron chi connectivity index (χ0n) is 13.2. The molecule has 1 saturated heterocycles. The molecule has 1 aliphatic rings. The van der Waals surface area contributed by atoms with Gasteiger partial charge in [-0.25, -0.2) is 18.4 Å². The summed E-state index contributed by atoms with van der Waals surface area (Å²) in [6.07, 6.45) is 0.527. The van der Waals surface area contributed by atoms with Crippen molar-refractivity contribution in [3.8, 4) is 0 Å². The van der Waals surface area contributed by atoms with Crippen LogP contribution in [0.4, 0.5) is 0 Å². The number of benzene rings is 2. The molecular weight excluding hydrogens is 326 g/mol. The summed E-state index contributed by atoms with van der Waals surface area (Å²) in [6.45, 7) is 2.35. The van der Waals surface area contributed by atoms with E-state index in [1.54, 1.807) is 12.1 Å². The highest BCUT2D eigenvalue weighted by Crippen LogP contribution is 2.32. The monoisotopic (exact) mass is 343 g/mol. The van der Waals surface area contributed by atoms with E-state index < -0.39 is 10.0 Å². The Balaban J connectivity index is 2.16. The summed E-state index contributed by atoms with van der Waals surface area (Å²) >= 11 is 0. The summed E-state index contributed by atoms with van der Waals surface area (Å²) < 4.78 is 27.9. The van der Waals surface area contributed by atoms with E-state index in [2.05, 4.69) is 0 Å². The molecule has 0 spiro atoms. The van der Waals surface area contributed by atoms with Gasteiger partial charge in [0, 0.05) is 12.0 Å². The van der Waals surface area contributed by atoms with Gasteiger partial charge in [0.25, 0.3) is 0 Å². The molecule has 3 rings (SSSR count). The van der Waals surface area contributed by atoms with Crippen LogP contribution in [-0.4, -0.2) is 21.0 Å². The van der Waals surface area contributed by atoms with E-state index in [0.717, 1.165) is 22.3 Å². The van der Waals surface area contributed by atoms with Gasteiger partial charge in [0.2, 0.25) is 10.0 Å². The summed E-state index contributed by atoms with van der Waals surface area (Å²) in [5, 5.41) is 5.14. The van der Waals surface area contributed by atoms with Crippen molar-refractivity contribution in [3.63, 3.8) is 0 Å². The van der Waals surface area contributed by atoms with Crippen LogP contribution in [-0.2, 0) is 19.6 Å². The average Bonchev–Trinajstić information content (AvgIpc) is 2.95. The van der Waals surface area contributed by atoms with E-state index in [4.69, 9.17) is 9.88 Å². The Morgan fingerprint density at radius 2 is 1.54 bits per heavy atom. The Morgan fingerprint density at radius 3 is 2.00 bits per heavy atom. The SMILES string of the molecule is Cc1ccc(C(=C2CCOC2=O)c2ccc(S(N)(=O)=O)cc2)cc1. The highest BCUT2D eigenvalue weighted by Gasteiger charge is 2.25. The molecule has 0 amide bonds. The fraction of sp³-hybridized carbons (Fsp3) is 0.167. The summed E-state index contributed by atoms with van der Waals surface area (Å²) in [5.74, 6) is -0.332. The summed E-state index contributed by atoms with van der Waals surface area (Å²) in [5.41, 5.74) is 4.11. The number of hydrogen-bond acceptors (Lipinski definition) is 4. The lowest BCUT2D eigenvalue weighted by molar-refractivity contribution is -0.135. The molecule has 24 heavy (non-hydrogen) atoms. The maximum Gasteiger partial charge on any atom is 0.334 e. The molecule has 0 bridgehead atoms. The van der Waals surface area contributed by atoms with Crippen LogP contribution in [0.3, 0.4) is 0 Å². The fourth-order valence-electron chi connectivity index (χ4n) is 2.71. The van der Waals surface area contributed by atoms with Crippen LogP contribution in [0.25, 0.3) is 5.57 Å². The number of carbonyl (C=O) groups excluding carboxylic acids is 1. The lowest BCUT2D eigenvalue weighted by Gasteiger charge is -2.12. The maximum atomic E-state index is 12.1. The smallest absolute Gasteiger partial charge is 0.334 e. The van der Waals surface area contributed by atoms with Crippen molar-refractivity contribution < 1.29 is 17.9 Å². The topological polar surface area (TPSA) is 86.5 Å². The van der Waals surface area contributed by atoms with Crippen molar-refractivity contribution in [2.45, 2.75) is 18.2 Å². The van der Waals surface area contributed by atoms with Crippen LogP contribution in [0.1, 0.15) is 23.1 Å². The summed E-state index contributed by atoms with van der Waals surface area (Å²) in [6, 6.07) is 14.0. The van der Waals surface area contributed by atoms with Gasteiger partial charge in [0.1, 0.15) is 0 Å². The van der Waals surface area contributed by atoms with Gasteiger partial charge in [-0.3, -0.25) is 0 Å². The zero-order valence-corrected chi connectivity index (χ0v) is 14.0. The van der Waals surface area contributed by atoms with E-state index in [9.17, 15) is 13.2 Å². The molecule has 0 saturated carbocycles. The molecule has 0 aromatic heterocycles. The highest BCUT2D eigenvalue weighted by atomic mass is 32.2. The number of sulfonamides is 1. The number of carbonyl (C=O) groups is 1. The van der Waals surface area contributed by atoms with Crippen molar-refractivity contribution >= 4 is 21.6 Å². The Kier molecular flexibility index (Phi) is 4.26. The van der Waals surface area contributed by atoms with Crippen molar-refractivity contribution in [1.29, 1.82) is 0 Å². The van der Waals surface area contributed by atoms with Crippen LogP contribution < -0.4 is 5.14 Å². The number of nitrogens with two attached hydrogens (primary N) is 1.